The van der Waals surface area contributed by atoms with Gasteiger partial charge in [0.2, 0.25) is 0 Å². The van der Waals surface area contributed by atoms with Crippen molar-refractivity contribution in [1.82, 2.24) is 9.78 Å². The molecule has 0 fully saturated rings. The van der Waals surface area contributed by atoms with Gasteiger partial charge in [0.25, 0.3) is 5.56 Å². The molecule has 7 heteroatoms. The third-order valence-electron chi connectivity index (χ3n) is 5.10. The second kappa shape index (κ2) is 6.66. The maximum absolute atomic E-state index is 13.0. The highest BCUT2D eigenvalue weighted by Crippen LogP contribution is 2.27. The first-order valence-electron chi connectivity index (χ1n) is 9.20. The fourth-order valence-electron chi connectivity index (χ4n) is 3.81. The predicted octanol–water partition coefficient (Wildman–Crippen LogP) is 3.40. The minimum absolute atomic E-state index is 0.0694. The Kier molecular flexibility index (Phi) is 3.96. The molecule has 0 atom stereocenters. The SMILES string of the molecule is O=C(O)c1nn(Cc2cc(=O)oc3ccc4ccccc4c23)c(=O)c2ccccc12. The number of carbonyl (C=O) groups is 1. The van der Waals surface area contributed by atoms with Crippen LogP contribution in [0.5, 0.6) is 0 Å². The Hall–Kier alpha value is -4.26. The second-order valence-corrected chi connectivity index (χ2v) is 6.91. The van der Waals surface area contributed by atoms with Crippen molar-refractivity contribution in [2.75, 3.05) is 0 Å². The van der Waals surface area contributed by atoms with Crippen LogP contribution in [0.2, 0.25) is 0 Å². The van der Waals surface area contributed by atoms with Gasteiger partial charge >= 0.3 is 11.6 Å². The Balaban J connectivity index is 1.81. The van der Waals surface area contributed by atoms with Gasteiger partial charge in [0.15, 0.2) is 5.69 Å². The number of rotatable bonds is 3. The summed E-state index contributed by atoms with van der Waals surface area (Å²) in [6, 6.07) is 18.9. The number of aromatic nitrogens is 2. The molecule has 1 N–H and O–H groups in total. The number of nitrogens with zero attached hydrogens (tertiary/aromatic N) is 2. The minimum Gasteiger partial charge on any atom is -0.476 e. The summed E-state index contributed by atoms with van der Waals surface area (Å²) in [5.74, 6) is -1.23. The highest BCUT2D eigenvalue weighted by molar-refractivity contribution is 6.07. The zero-order chi connectivity index (χ0) is 20.8. The third-order valence-corrected chi connectivity index (χ3v) is 5.10. The van der Waals surface area contributed by atoms with Gasteiger partial charge in [-0.25, -0.2) is 14.3 Å². The Bertz CT molecular complexity index is 1600. The highest BCUT2D eigenvalue weighted by atomic mass is 16.4. The van der Waals surface area contributed by atoms with Crippen molar-refractivity contribution in [2.24, 2.45) is 0 Å². The van der Waals surface area contributed by atoms with Crippen LogP contribution in [0.15, 0.2) is 80.7 Å². The smallest absolute Gasteiger partial charge is 0.357 e. The summed E-state index contributed by atoms with van der Waals surface area (Å²) in [6.45, 7) is -0.0694. The molecule has 5 rings (SSSR count). The summed E-state index contributed by atoms with van der Waals surface area (Å²) in [5, 5.41) is 16.7. The molecule has 0 spiro atoms. The van der Waals surface area contributed by atoms with Crippen molar-refractivity contribution in [3.8, 4) is 0 Å². The number of benzene rings is 3. The molecule has 2 aromatic heterocycles. The van der Waals surface area contributed by atoms with E-state index in [-0.39, 0.29) is 23.0 Å². The van der Waals surface area contributed by atoms with Gasteiger partial charge in [0.05, 0.1) is 11.9 Å². The molecule has 7 nitrogen and oxygen atoms in total. The van der Waals surface area contributed by atoms with Gasteiger partial charge in [-0.1, -0.05) is 48.5 Å². The number of carboxylic acids is 1. The van der Waals surface area contributed by atoms with Gasteiger partial charge < -0.3 is 9.52 Å². The van der Waals surface area contributed by atoms with Crippen molar-refractivity contribution >= 4 is 38.5 Å². The quantitative estimate of drug-likeness (QED) is 0.369. The number of hydrogen-bond acceptors (Lipinski definition) is 5. The molecule has 0 radical (unpaired) electrons. The summed E-state index contributed by atoms with van der Waals surface area (Å²) >= 11 is 0. The Morgan fingerprint density at radius 1 is 0.933 bits per heavy atom. The standard InChI is InChI=1S/C23H14N2O5/c26-19-11-14(20-15-6-2-1-5-13(15)9-10-18(20)30-19)12-25-22(27)17-8-4-3-7-16(17)21(24-25)23(28)29/h1-11H,12H2,(H,28,29). The van der Waals surface area contributed by atoms with E-state index in [0.29, 0.717) is 16.5 Å². The van der Waals surface area contributed by atoms with E-state index in [0.717, 1.165) is 15.5 Å². The number of fused-ring (bicyclic) bond motifs is 4. The highest BCUT2D eigenvalue weighted by Gasteiger charge is 2.17. The second-order valence-electron chi connectivity index (χ2n) is 6.91. The maximum atomic E-state index is 13.0. The first-order chi connectivity index (χ1) is 14.5. The molecule has 0 bridgehead atoms. The van der Waals surface area contributed by atoms with Crippen molar-refractivity contribution < 1.29 is 14.3 Å². The van der Waals surface area contributed by atoms with Crippen LogP contribution in [-0.2, 0) is 6.54 Å². The maximum Gasteiger partial charge on any atom is 0.357 e. The van der Waals surface area contributed by atoms with E-state index in [1.165, 1.54) is 6.07 Å². The molecular formula is C23H14N2O5. The van der Waals surface area contributed by atoms with E-state index in [9.17, 15) is 19.5 Å². The van der Waals surface area contributed by atoms with Crippen LogP contribution < -0.4 is 11.2 Å². The third kappa shape index (κ3) is 2.76. The molecule has 5 aromatic rings. The van der Waals surface area contributed by atoms with Crippen LogP contribution in [0.4, 0.5) is 0 Å². The molecule has 0 amide bonds. The first-order valence-corrected chi connectivity index (χ1v) is 9.20. The minimum atomic E-state index is -1.23. The molecule has 2 heterocycles. The van der Waals surface area contributed by atoms with Gasteiger partial charge in [-0.2, -0.15) is 5.10 Å². The lowest BCUT2D eigenvalue weighted by molar-refractivity contribution is 0.0690. The van der Waals surface area contributed by atoms with Crippen LogP contribution in [0.1, 0.15) is 16.1 Å². The normalized spacial score (nSPS) is 11.3. The zero-order valence-electron chi connectivity index (χ0n) is 15.5. The molecule has 30 heavy (non-hydrogen) atoms. The van der Waals surface area contributed by atoms with Crippen molar-refractivity contribution in [3.63, 3.8) is 0 Å². The van der Waals surface area contributed by atoms with E-state index in [4.69, 9.17) is 4.42 Å². The van der Waals surface area contributed by atoms with Gasteiger partial charge in [0.1, 0.15) is 5.58 Å². The lowest BCUT2D eigenvalue weighted by Gasteiger charge is -2.11. The van der Waals surface area contributed by atoms with E-state index >= 15 is 0 Å². The Labute approximate surface area is 168 Å². The molecule has 0 unspecified atom stereocenters. The summed E-state index contributed by atoms with van der Waals surface area (Å²) in [6.07, 6.45) is 0. The van der Waals surface area contributed by atoms with Gasteiger partial charge in [-0.15, -0.1) is 0 Å². The lowest BCUT2D eigenvalue weighted by atomic mass is 10.0. The number of carboxylic acid groups (broad SMARTS) is 1. The summed E-state index contributed by atoms with van der Waals surface area (Å²) < 4.78 is 6.44. The largest absolute Gasteiger partial charge is 0.476 e. The number of aromatic carboxylic acids is 1. The molecule has 3 aromatic carbocycles. The fourth-order valence-corrected chi connectivity index (χ4v) is 3.81. The van der Waals surface area contributed by atoms with Crippen molar-refractivity contribution in [3.05, 3.63) is 98.8 Å². The van der Waals surface area contributed by atoms with E-state index < -0.39 is 17.2 Å². The lowest BCUT2D eigenvalue weighted by Crippen LogP contribution is -2.27. The molecule has 0 aliphatic rings. The molecule has 0 aliphatic heterocycles. The van der Waals surface area contributed by atoms with Crippen LogP contribution in [-0.4, -0.2) is 20.9 Å². The monoisotopic (exact) mass is 398 g/mol. The van der Waals surface area contributed by atoms with E-state index in [1.54, 1.807) is 30.3 Å². The Morgan fingerprint density at radius 3 is 2.40 bits per heavy atom. The van der Waals surface area contributed by atoms with E-state index in [2.05, 4.69) is 5.10 Å². The average Bonchev–Trinajstić information content (AvgIpc) is 2.75. The molecule has 146 valence electrons. The van der Waals surface area contributed by atoms with Crippen molar-refractivity contribution in [1.29, 1.82) is 0 Å². The molecule has 0 saturated carbocycles. The van der Waals surface area contributed by atoms with Gasteiger partial charge in [-0.3, -0.25) is 4.79 Å². The van der Waals surface area contributed by atoms with Crippen LogP contribution >= 0.6 is 0 Å². The summed E-state index contributed by atoms with van der Waals surface area (Å²) in [5.41, 5.74) is -0.289. The zero-order valence-corrected chi connectivity index (χ0v) is 15.5. The van der Waals surface area contributed by atoms with Crippen LogP contribution in [0, 0.1) is 0 Å². The predicted molar refractivity (Wildman–Crippen MR) is 112 cm³/mol. The van der Waals surface area contributed by atoms with Crippen molar-refractivity contribution in [2.45, 2.75) is 6.54 Å². The summed E-state index contributed by atoms with van der Waals surface area (Å²) in [7, 11) is 0. The fraction of sp³-hybridized carbons (Fsp3) is 0.0435. The van der Waals surface area contributed by atoms with Crippen LogP contribution in [0.25, 0.3) is 32.5 Å². The molecular weight excluding hydrogens is 384 g/mol. The molecule has 0 saturated heterocycles. The Morgan fingerprint density at radius 2 is 1.63 bits per heavy atom. The average molecular weight is 398 g/mol. The van der Waals surface area contributed by atoms with Gasteiger partial charge in [-0.05, 0) is 28.5 Å². The molecule has 0 aliphatic carbocycles. The van der Waals surface area contributed by atoms with Crippen LogP contribution in [0.3, 0.4) is 0 Å². The summed E-state index contributed by atoms with van der Waals surface area (Å²) in [4.78, 5) is 36.9. The first kappa shape index (κ1) is 17.8. The van der Waals surface area contributed by atoms with Gasteiger partial charge in [0, 0.05) is 16.8 Å². The number of hydrogen-bond donors (Lipinski definition) is 1. The van der Waals surface area contributed by atoms with E-state index in [1.807, 2.05) is 30.3 Å². The topological polar surface area (TPSA) is 102 Å².